The van der Waals surface area contributed by atoms with Crippen LogP contribution in [0.2, 0.25) is 0 Å². The van der Waals surface area contributed by atoms with Gasteiger partial charge in [0.1, 0.15) is 0 Å². The second-order valence-corrected chi connectivity index (χ2v) is 8.77. The Morgan fingerprint density at radius 1 is 1.25 bits per heavy atom. The van der Waals surface area contributed by atoms with E-state index in [1.165, 1.54) is 0 Å². The zero-order valence-electron chi connectivity index (χ0n) is 15.4. The molecule has 0 bridgehead atoms. The second kappa shape index (κ2) is 6.61. The van der Waals surface area contributed by atoms with Crippen molar-refractivity contribution in [3.05, 3.63) is 11.9 Å². The summed E-state index contributed by atoms with van der Waals surface area (Å²) in [6, 6.07) is 0. The molecular formula is C17H29N5OS. The van der Waals surface area contributed by atoms with Crippen molar-refractivity contribution in [2.24, 2.45) is 0 Å². The van der Waals surface area contributed by atoms with Gasteiger partial charge in [-0.05, 0) is 13.3 Å². The second-order valence-electron chi connectivity index (χ2n) is 7.81. The summed E-state index contributed by atoms with van der Waals surface area (Å²) in [7, 11) is 0. The lowest BCUT2D eigenvalue weighted by Crippen LogP contribution is -2.54. The van der Waals surface area contributed by atoms with Crippen molar-refractivity contribution in [2.45, 2.75) is 52.0 Å². The molecule has 2 aromatic rings. The van der Waals surface area contributed by atoms with Crippen LogP contribution in [0.3, 0.4) is 0 Å². The lowest BCUT2D eigenvalue weighted by Gasteiger charge is -2.43. The van der Waals surface area contributed by atoms with Gasteiger partial charge < -0.3 is 10.1 Å². The van der Waals surface area contributed by atoms with Crippen LogP contribution in [0.5, 0.6) is 0 Å². The Morgan fingerprint density at radius 2 is 1.96 bits per heavy atom. The Balaban J connectivity index is 1.69. The minimum atomic E-state index is 0.0537. The van der Waals surface area contributed by atoms with Gasteiger partial charge in [-0.1, -0.05) is 39.0 Å². The molecule has 24 heavy (non-hydrogen) atoms. The van der Waals surface area contributed by atoms with Crippen molar-refractivity contribution < 1.29 is 4.74 Å². The van der Waals surface area contributed by atoms with E-state index in [0.717, 1.165) is 55.1 Å². The molecule has 1 N–H and O–H groups in total. The van der Waals surface area contributed by atoms with Gasteiger partial charge in [0.15, 0.2) is 0 Å². The standard InChI is InChI=1S/C17H29N5OS/c1-6-17(5,21-7-9-23-10-8-21)12-18-14-20-22-11-13(16(2,3)4)19-15(22)24-14/h11H,6-10,12H2,1-5H3,(H,18,20). The predicted octanol–water partition coefficient (Wildman–Crippen LogP) is 3.00. The zero-order valence-corrected chi connectivity index (χ0v) is 16.2. The molecule has 3 heterocycles. The van der Waals surface area contributed by atoms with Gasteiger partial charge in [-0.2, -0.15) is 0 Å². The summed E-state index contributed by atoms with van der Waals surface area (Å²) in [6.45, 7) is 15.6. The number of nitrogens with one attached hydrogen (secondary N) is 1. The van der Waals surface area contributed by atoms with Gasteiger partial charge in [-0.25, -0.2) is 9.50 Å². The number of nitrogens with zero attached hydrogens (tertiary/aromatic N) is 4. The number of hydrogen-bond donors (Lipinski definition) is 1. The summed E-state index contributed by atoms with van der Waals surface area (Å²) in [5.74, 6) is 0. The minimum Gasteiger partial charge on any atom is -0.379 e. The average Bonchev–Trinajstić information content (AvgIpc) is 3.11. The molecule has 0 radical (unpaired) electrons. The van der Waals surface area contributed by atoms with Crippen molar-refractivity contribution in [1.82, 2.24) is 19.5 Å². The predicted molar refractivity (Wildman–Crippen MR) is 99.1 cm³/mol. The van der Waals surface area contributed by atoms with E-state index < -0.39 is 0 Å². The molecule has 0 spiro atoms. The summed E-state index contributed by atoms with van der Waals surface area (Å²) in [6.07, 6.45) is 3.13. The van der Waals surface area contributed by atoms with E-state index in [1.807, 2.05) is 10.7 Å². The van der Waals surface area contributed by atoms with Gasteiger partial charge in [-0.3, -0.25) is 4.90 Å². The third kappa shape index (κ3) is 3.58. The Kier molecular flexibility index (Phi) is 4.86. The van der Waals surface area contributed by atoms with E-state index in [4.69, 9.17) is 9.72 Å². The Labute approximate surface area is 148 Å². The fraction of sp³-hybridized carbons (Fsp3) is 0.765. The highest BCUT2D eigenvalue weighted by molar-refractivity contribution is 7.20. The van der Waals surface area contributed by atoms with Gasteiger partial charge in [0.25, 0.3) is 0 Å². The van der Waals surface area contributed by atoms with Crippen LogP contribution < -0.4 is 5.32 Å². The number of aromatic nitrogens is 3. The highest BCUT2D eigenvalue weighted by Gasteiger charge is 2.31. The maximum atomic E-state index is 5.49. The van der Waals surface area contributed by atoms with Crippen LogP contribution in [0.25, 0.3) is 4.96 Å². The van der Waals surface area contributed by atoms with E-state index in [1.54, 1.807) is 11.3 Å². The first kappa shape index (κ1) is 17.6. The van der Waals surface area contributed by atoms with E-state index in [0.29, 0.717) is 0 Å². The van der Waals surface area contributed by atoms with E-state index in [9.17, 15) is 0 Å². The number of hydrogen-bond acceptors (Lipinski definition) is 6. The van der Waals surface area contributed by atoms with E-state index in [2.05, 4.69) is 49.9 Å². The van der Waals surface area contributed by atoms with E-state index in [-0.39, 0.29) is 11.0 Å². The molecule has 0 aromatic carbocycles. The van der Waals surface area contributed by atoms with Crippen LogP contribution in [-0.4, -0.2) is 57.9 Å². The Hall–Kier alpha value is -1.18. The number of imidazole rings is 1. The number of ether oxygens (including phenoxy) is 1. The number of rotatable bonds is 5. The lowest BCUT2D eigenvalue weighted by atomic mass is 9.93. The first-order chi connectivity index (χ1) is 11.3. The van der Waals surface area contributed by atoms with Crippen molar-refractivity contribution in [3.8, 4) is 0 Å². The number of anilines is 1. The monoisotopic (exact) mass is 351 g/mol. The van der Waals surface area contributed by atoms with Crippen LogP contribution in [-0.2, 0) is 10.2 Å². The van der Waals surface area contributed by atoms with Gasteiger partial charge in [0.2, 0.25) is 10.1 Å². The van der Waals surface area contributed by atoms with Gasteiger partial charge in [0, 0.05) is 30.6 Å². The molecule has 1 unspecified atom stereocenters. The fourth-order valence-corrected chi connectivity index (χ4v) is 3.74. The quantitative estimate of drug-likeness (QED) is 0.897. The van der Waals surface area contributed by atoms with Crippen molar-refractivity contribution >= 4 is 21.4 Å². The summed E-state index contributed by atoms with van der Waals surface area (Å²) < 4.78 is 7.38. The fourth-order valence-electron chi connectivity index (χ4n) is 2.96. The molecule has 1 aliphatic rings. The van der Waals surface area contributed by atoms with Crippen LogP contribution in [0.4, 0.5) is 5.13 Å². The SMILES string of the molecule is CCC(C)(CNc1nn2cc(C(C)(C)C)nc2s1)N1CCOCC1. The first-order valence-electron chi connectivity index (χ1n) is 8.75. The smallest absolute Gasteiger partial charge is 0.214 e. The minimum absolute atomic E-state index is 0.0537. The summed E-state index contributed by atoms with van der Waals surface area (Å²) in [5, 5.41) is 9.12. The summed E-state index contributed by atoms with van der Waals surface area (Å²) >= 11 is 1.62. The van der Waals surface area contributed by atoms with Crippen molar-refractivity contribution in [1.29, 1.82) is 0 Å². The topological polar surface area (TPSA) is 54.7 Å². The summed E-state index contributed by atoms with van der Waals surface area (Å²) in [5.41, 5.74) is 1.26. The molecule has 1 saturated heterocycles. The molecule has 2 aromatic heterocycles. The molecule has 134 valence electrons. The molecular weight excluding hydrogens is 322 g/mol. The Bertz CT molecular complexity index is 651. The van der Waals surface area contributed by atoms with Crippen LogP contribution in [0.15, 0.2) is 6.20 Å². The van der Waals surface area contributed by atoms with Crippen LogP contribution >= 0.6 is 11.3 Å². The normalized spacial score (nSPS) is 19.5. The lowest BCUT2D eigenvalue weighted by molar-refractivity contribution is -0.0131. The maximum Gasteiger partial charge on any atom is 0.214 e. The molecule has 3 rings (SSSR count). The Morgan fingerprint density at radius 3 is 2.54 bits per heavy atom. The molecule has 0 amide bonds. The third-order valence-corrected chi connectivity index (χ3v) is 5.85. The van der Waals surface area contributed by atoms with E-state index >= 15 is 0 Å². The first-order valence-corrected chi connectivity index (χ1v) is 9.57. The van der Waals surface area contributed by atoms with Gasteiger partial charge in [0.05, 0.1) is 25.1 Å². The van der Waals surface area contributed by atoms with Gasteiger partial charge in [-0.15, -0.1) is 5.10 Å². The molecule has 1 fully saturated rings. The molecule has 7 heteroatoms. The average molecular weight is 352 g/mol. The maximum absolute atomic E-state index is 5.49. The van der Waals surface area contributed by atoms with Crippen molar-refractivity contribution in [2.75, 3.05) is 38.2 Å². The molecule has 0 saturated carbocycles. The molecule has 1 aliphatic heterocycles. The van der Waals surface area contributed by atoms with Crippen molar-refractivity contribution in [3.63, 3.8) is 0 Å². The van der Waals surface area contributed by atoms with Gasteiger partial charge >= 0.3 is 0 Å². The molecule has 1 atom stereocenters. The number of morpholine rings is 1. The molecule has 6 nitrogen and oxygen atoms in total. The highest BCUT2D eigenvalue weighted by atomic mass is 32.1. The van der Waals surface area contributed by atoms with Crippen LogP contribution in [0.1, 0.15) is 46.7 Å². The van der Waals surface area contributed by atoms with Crippen LogP contribution in [0, 0.1) is 0 Å². The highest BCUT2D eigenvalue weighted by Crippen LogP contribution is 2.27. The molecule has 0 aliphatic carbocycles. The summed E-state index contributed by atoms with van der Waals surface area (Å²) in [4.78, 5) is 8.19. The number of fused-ring (bicyclic) bond motifs is 1. The largest absolute Gasteiger partial charge is 0.379 e. The zero-order chi connectivity index (χ0) is 17.4. The third-order valence-electron chi connectivity index (χ3n) is 4.97.